The Morgan fingerprint density at radius 2 is 2.03 bits per heavy atom. The molecule has 8 heteroatoms. The molecule has 3 heterocycles. The molecular weight excluding hydrogens is 414 g/mol. The Kier molecular flexibility index (Phi) is 5.05. The lowest BCUT2D eigenvalue weighted by atomic mass is 10.1. The number of benzene rings is 2. The molecule has 7 nitrogen and oxygen atoms in total. The van der Waals surface area contributed by atoms with E-state index in [-0.39, 0.29) is 17.7 Å². The van der Waals surface area contributed by atoms with E-state index in [0.29, 0.717) is 29.3 Å². The van der Waals surface area contributed by atoms with Gasteiger partial charge in [-0.15, -0.1) is 0 Å². The van der Waals surface area contributed by atoms with Crippen molar-refractivity contribution in [3.8, 4) is 11.1 Å². The molecule has 2 aromatic heterocycles. The van der Waals surface area contributed by atoms with Gasteiger partial charge >= 0.3 is 0 Å². The third-order valence-corrected chi connectivity index (χ3v) is 5.63. The highest BCUT2D eigenvalue weighted by atomic mass is 35.5. The second-order valence-corrected chi connectivity index (χ2v) is 7.95. The van der Waals surface area contributed by atoms with Crippen LogP contribution >= 0.6 is 11.6 Å². The van der Waals surface area contributed by atoms with Gasteiger partial charge in [-0.1, -0.05) is 35.9 Å². The largest absolute Gasteiger partial charge is 0.391 e. The first kappa shape index (κ1) is 19.5. The number of aromatic nitrogens is 3. The van der Waals surface area contributed by atoms with Crippen molar-refractivity contribution in [3.05, 3.63) is 77.7 Å². The molecule has 0 radical (unpaired) electrons. The Hall–Kier alpha value is -3.42. The summed E-state index contributed by atoms with van der Waals surface area (Å²) in [7, 11) is 0. The highest BCUT2D eigenvalue weighted by Crippen LogP contribution is 2.30. The number of anilines is 2. The van der Waals surface area contributed by atoms with E-state index >= 15 is 0 Å². The number of hydrogen-bond donors (Lipinski definition) is 2. The normalized spacial score (nSPS) is 16.1. The van der Waals surface area contributed by atoms with Crippen molar-refractivity contribution in [2.75, 3.05) is 23.3 Å². The lowest BCUT2D eigenvalue weighted by molar-refractivity contribution is 0.102. The van der Waals surface area contributed by atoms with Crippen LogP contribution in [0.15, 0.2) is 67.0 Å². The molecular formula is C23H20ClN5O2. The first-order valence-electron chi connectivity index (χ1n) is 10.0. The van der Waals surface area contributed by atoms with Crippen molar-refractivity contribution in [2.45, 2.75) is 12.5 Å². The topological polar surface area (TPSA) is 82.8 Å². The smallest absolute Gasteiger partial charge is 0.274 e. The highest BCUT2D eigenvalue weighted by Gasteiger charge is 2.23. The number of para-hydroxylation sites is 2. The molecule has 1 amide bonds. The fourth-order valence-corrected chi connectivity index (χ4v) is 4.05. The summed E-state index contributed by atoms with van der Waals surface area (Å²) in [5, 5.41) is 17.8. The van der Waals surface area contributed by atoms with E-state index in [9.17, 15) is 9.90 Å². The van der Waals surface area contributed by atoms with Crippen molar-refractivity contribution < 1.29 is 9.90 Å². The van der Waals surface area contributed by atoms with Crippen molar-refractivity contribution in [3.63, 3.8) is 0 Å². The molecule has 1 aliphatic heterocycles. The van der Waals surface area contributed by atoms with Crippen LogP contribution in [0.2, 0.25) is 5.02 Å². The fourth-order valence-electron chi connectivity index (χ4n) is 3.86. The number of amides is 1. The monoisotopic (exact) mass is 433 g/mol. The van der Waals surface area contributed by atoms with E-state index in [2.05, 4.69) is 20.3 Å². The predicted molar refractivity (Wildman–Crippen MR) is 121 cm³/mol. The highest BCUT2D eigenvalue weighted by molar-refractivity contribution is 6.30. The number of hydrogen-bond acceptors (Lipinski definition) is 5. The van der Waals surface area contributed by atoms with Gasteiger partial charge in [-0.05, 0) is 42.3 Å². The van der Waals surface area contributed by atoms with Gasteiger partial charge in [0.05, 0.1) is 23.7 Å². The Balaban J connectivity index is 1.45. The molecule has 156 valence electrons. The van der Waals surface area contributed by atoms with Gasteiger partial charge in [0, 0.05) is 29.9 Å². The summed E-state index contributed by atoms with van der Waals surface area (Å²) in [5.41, 5.74) is 4.11. The lowest BCUT2D eigenvalue weighted by Gasteiger charge is -2.21. The molecule has 0 saturated carbocycles. The van der Waals surface area contributed by atoms with Gasteiger partial charge in [-0.3, -0.25) is 4.79 Å². The molecule has 0 spiro atoms. The van der Waals surface area contributed by atoms with Gasteiger partial charge in [-0.2, -0.15) is 5.10 Å². The van der Waals surface area contributed by atoms with Crippen LogP contribution in [0.3, 0.4) is 0 Å². The first-order valence-corrected chi connectivity index (χ1v) is 10.4. The van der Waals surface area contributed by atoms with E-state index in [1.165, 1.54) is 0 Å². The molecule has 1 atom stereocenters. The molecule has 4 aromatic rings. The number of β-amino-alcohol motifs (C(OH)–C–C–N with tert-alkyl or cyclic N) is 1. The van der Waals surface area contributed by atoms with Gasteiger partial charge in [0.1, 0.15) is 5.69 Å². The molecule has 1 saturated heterocycles. The zero-order valence-corrected chi connectivity index (χ0v) is 17.3. The molecule has 0 bridgehead atoms. The van der Waals surface area contributed by atoms with Crippen LogP contribution in [0.5, 0.6) is 0 Å². The second-order valence-electron chi connectivity index (χ2n) is 7.51. The van der Waals surface area contributed by atoms with Gasteiger partial charge in [0.25, 0.3) is 5.91 Å². The van der Waals surface area contributed by atoms with Gasteiger partial charge in [-0.25, -0.2) is 9.50 Å². The second kappa shape index (κ2) is 8.02. The molecule has 5 rings (SSSR count). The standard InChI is InChI=1S/C23H20ClN5O2/c24-16-5-3-4-15(12-16)18-13-25-29-11-9-20(26-22(18)29)23(31)27-19-6-1-2-7-21(19)28-10-8-17(30)14-28/h1-7,9,11-13,17,30H,8,10,14H2,(H,27,31)/t17-/m1/s1. The number of aliphatic hydroxyl groups is 1. The number of fused-ring (bicyclic) bond motifs is 1. The zero-order valence-electron chi connectivity index (χ0n) is 16.6. The van der Waals surface area contributed by atoms with Crippen LogP contribution in [-0.4, -0.2) is 44.8 Å². The average molecular weight is 434 g/mol. The van der Waals surface area contributed by atoms with Crippen molar-refractivity contribution >= 4 is 34.5 Å². The minimum Gasteiger partial charge on any atom is -0.391 e. The number of halogens is 1. The Morgan fingerprint density at radius 3 is 2.84 bits per heavy atom. The number of carbonyl (C=O) groups excluding carboxylic acids is 1. The first-order chi connectivity index (χ1) is 15.1. The maximum atomic E-state index is 13.0. The summed E-state index contributed by atoms with van der Waals surface area (Å²) in [5.74, 6) is -0.312. The lowest BCUT2D eigenvalue weighted by Crippen LogP contribution is -2.23. The molecule has 2 N–H and O–H groups in total. The van der Waals surface area contributed by atoms with Gasteiger partial charge in [0.15, 0.2) is 5.65 Å². The van der Waals surface area contributed by atoms with Crippen molar-refractivity contribution in [1.82, 2.24) is 14.6 Å². The van der Waals surface area contributed by atoms with E-state index in [0.717, 1.165) is 23.4 Å². The molecule has 1 fully saturated rings. The summed E-state index contributed by atoms with van der Waals surface area (Å²) in [6.45, 7) is 1.30. The van der Waals surface area contributed by atoms with E-state index in [1.807, 2.05) is 42.5 Å². The number of nitrogens with one attached hydrogen (secondary N) is 1. The fraction of sp³-hybridized carbons (Fsp3) is 0.174. The minimum absolute atomic E-state index is 0.285. The number of carbonyl (C=O) groups is 1. The maximum Gasteiger partial charge on any atom is 0.274 e. The predicted octanol–water partition coefficient (Wildman–Crippen LogP) is 3.87. The van der Waals surface area contributed by atoms with Crippen LogP contribution in [0.1, 0.15) is 16.9 Å². The van der Waals surface area contributed by atoms with E-state index in [4.69, 9.17) is 11.6 Å². The zero-order chi connectivity index (χ0) is 21.4. The van der Waals surface area contributed by atoms with E-state index in [1.54, 1.807) is 29.0 Å². The third kappa shape index (κ3) is 3.85. The third-order valence-electron chi connectivity index (χ3n) is 5.39. The summed E-state index contributed by atoms with van der Waals surface area (Å²) >= 11 is 6.13. The average Bonchev–Trinajstić information content (AvgIpc) is 3.40. The molecule has 0 unspecified atom stereocenters. The maximum absolute atomic E-state index is 13.0. The quantitative estimate of drug-likeness (QED) is 0.510. The number of aliphatic hydroxyl groups excluding tert-OH is 1. The van der Waals surface area contributed by atoms with Crippen LogP contribution in [-0.2, 0) is 0 Å². The minimum atomic E-state index is -0.348. The summed E-state index contributed by atoms with van der Waals surface area (Å²) < 4.78 is 1.63. The van der Waals surface area contributed by atoms with Crippen molar-refractivity contribution in [1.29, 1.82) is 0 Å². The van der Waals surface area contributed by atoms with Crippen LogP contribution < -0.4 is 10.2 Å². The summed E-state index contributed by atoms with van der Waals surface area (Å²) in [6.07, 6.45) is 3.80. The molecule has 31 heavy (non-hydrogen) atoms. The Labute approximate surface area is 183 Å². The van der Waals surface area contributed by atoms with Crippen LogP contribution in [0, 0.1) is 0 Å². The van der Waals surface area contributed by atoms with Crippen LogP contribution in [0.25, 0.3) is 16.8 Å². The SMILES string of the molecule is O=C(Nc1ccccc1N1CC[C@@H](O)C1)c1ccn2ncc(-c3cccc(Cl)c3)c2n1. The Bertz CT molecular complexity index is 1270. The number of rotatable bonds is 4. The number of nitrogens with zero attached hydrogens (tertiary/aromatic N) is 4. The van der Waals surface area contributed by atoms with Crippen LogP contribution in [0.4, 0.5) is 11.4 Å². The van der Waals surface area contributed by atoms with Crippen molar-refractivity contribution in [2.24, 2.45) is 0 Å². The molecule has 0 aliphatic carbocycles. The van der Waals surface area contributed by atoms with Gasteiger partial charge in [0.2, 0.25) is 0 Å². The van der Waals surface area contributed by atoms with Gasteiger partial charge < -0.3 is 15.3 Å². The summed E-state index contributed by atoms with van der Waals surface area (Å²) in [4.78, 5) is 19.7. The van der Waals surface area contributed by atoms with E-state index < -0.39 is 0 Å². The Morgan fingerprint density at radius 1 is 1.16 bits per heavy atom. The molecule has 2 aromatic carbocycles. The summed E-state index contributed by atoms with van der Waals surface area (Å²) in [6, 6.07) is 16.7. The molecule has 1 aliphatic rings.